The molecule has 1 aliphatic rings. The number of para-hydroxylation sites is 2. The molecule has 0 saturated heterocycles. The van der Waals surface area contributed by atoms with Crippen molar-refractivity contribution < 1.29 is 0 Å². The lowest BCUT2D eigenvalue weighted by Gasteiger charge is -2.32. The van der Waals surface area contributed by atoms with Crippen LogP contribution in [0, 0.1) is 0 Å². The number of hydrogen-bond acceptors (Lipinski definition) is 3. The maximum atomic E-state index is 5.50. The fraction of sp³-hybridized carbons (Fsp3) is 0.0370. The fourth-order valence-electron chi connectivity index (χ4n) is 9.44. The summed E-state index contributed by atoms with van der Waals surface area (Å²) < 4.78 is 4.78. The summed E-state index contributed by atoms with van der Waals surface area (Å²) in [6.07, 6.45) is -0.325. The van der Waals surface area contributed by atoms with Gasteiger partial charge < -0.3 is 14.0 Å². The minimum Gasteiger partial charge on any atom is -0.333 e. The molecule has 0 saturated carbocycles. The first-order chi connectivity index (χ1) is 29.2. The van der Waals surface area contributed by atoms with E-state index < -0.39 is 0 Å². The first kappa shape index (κ1) is 33.4. The molecule has 0 amide bonds. The van der Waals surface area contributed by atoms with Crippen LogP contribution in [0.2, 0.25) is 0 Å². The van der Waals surface area contributed by atoms with E-state index in [2.05, 4.69) is 221 Å². The summed E-state index contributed by atoms with van der Waals surface area (Å²) in [5, 5.41) is 9.92. The van der Waals surface area contributed by atoms with Crippen LogP contribution in [0.3, 0.4) is 0 Å². The van der Waals surface area contributed by atoms with Gasteiger partial charge in [0, 0.05) is 51.1 Å². The lowest BCUT2D eigenvalue weighted by atomic mass is 10.00. The number of benzene rings is 9. The highest BCUT2D eigenvalue weighted by atomic mass is 15.3. The molecule has 3 heterocycles. The Hall–Kier alpha value is -7.76. The number of aromatic nitrogens is 2. The van der Waals surface area contributed by atoms with Gasteiger partial charge in [0.2, 0.25) is 0 Å². The molecule has 2 aromatic heterocycles. The van der Waals surface area contributed by atoms with Crippen LogP contribution >= 0.6 is 0 Å². The summed E-state index contributed by atoms with van der Waals surface area (Å²) in [4.78, 5) is 13.0. The molecule has 278 valence electrons. The van der Waals surface area contributed by atoms with Crippen LogP contribution < -0.4 is 0 Å². The zero-order valence-electron chi connectivity index (χ0n) is 32.4. The van der Waals surface area contributed by atoms with Crippen molar-refractivity contribution >= 4 is 76.8 Å². The zero-order valence-corrected chi connectivity index (χ0v) is 32.4. The van der Waals surface area contributed by atoms with Crippen LogP contribution in [0.25, 0.3) is 76.5 Å². The van der Waals surface area contributed by atoms with Gasteiger partial charge in [0.25, 0.3) is 0 Å². The summed E-state index contributed by atoms with van der Waals surface area (Å²) in [7, 11) is 2.11. The predicted molar refractivity (Wildman–Crippen MR) is 247 cm³/mol. The van der Waals surface area contributed by atoms with E-state index in [1.165, 1.54) is 59.6 Å². The number of amidine groups is 2. The Morgan fingerprint density at radius 2 is 0.966 bits per heavy atom. The van der Waals surface area contributed by atoms with E-state index in [1.54, 1.807) is 0 Å². The Morgan fingerprint density at radius 3 is 1.68 bits per heavy atom. The fourth-order valence-corrected chi connectivity index (χ4v) is 9.44. The van der Waals surface area contributed by atoms with Crippen LogP contribution in [-0.2, 0) is 0 Å². The van der Waals surface area contributed by atoms with Gasteiger partial charge in [-0.1, -0.05) is 140 Å². The predicted octanol–water partition coefficient (Wildman–Crippen LogP) is 13.0. The summed E-state index contributed by atoms with van der Waals surface area (Å²) in [5.41, 5.74) is 10.0. The zero-order chi connectivity index (χ0) is 39.0. The second-order valence-corrected chi connectivity index (χ2v) is 15.5. The van der Waals surface area contributed by atoms with Crippen molar-refractivity contribution in [1.82, 2.24) is 14.0 Å². The first-order valence-electron chi connectivity index (χ1n) is 20.2. The van der Waals surface area contributed by atoms with Crippen molar-refractivity contribution in [2.24, 2.45) is 9.98 Å². The summed E-state index contributed by atoms with van der Waals surface area (Å²) in [5.74, 6) is 1.60. The highest BCUT2D eigenvalue weighted by Gasteiger charge is 2.28. The molecule has 5 nitrogen and oxygen atoms in total. The average Bonchev–Trinajstić information content (AvgIpc) is 3.83. The molecular weight excluding hydrogens is 719 g/mol. The molecule has 12 rings (SSSR count). The molecule has 0 N–H and O–H groups in total. The molecule has 5 heteroatoms. The standard InChI is InChI=1S/C54H37N5/c1-57-53(37-17-4-2-5-18-37)55-52(38-29-30-47-45(34-38)44-25-12-13-26-46(44)58(47)40-20-6-3-7-21-40)56-54(57)39-19-14-22-41(33-39)59-48-31-27-35-15-8-10-23-42(35)50(48)51-43-24-11-9-16-36(43)28-32-49(51)59/h2-34,54H,1H3. The van der Waals surface area contributed by atoms with E-state index in [9.17, 15) is 0 Å². The van der Waals surface area contributed by atoms with Gasteiger partial charge >= 0.3 is 0 Å². The maximum absolute atomic E-state index is 5.50. The minimum atomic E-state index is -0.325. The maximum Gasteiger partial charge on any atom is 0.159 e. The minimum absolute atomic E-state index is 0.325. The molecule has 1 atom stereocenters. The Bertz CT molecular complexity index is 3430. The molecule has 1 unspecified atom stereocenters. The van der Waals surface area contributed by atoms with Gasteiger partial charge in [0.15, 0.2) is 12.0 Å². The van der Waals surface area contributed by atoms with Crippen molar-refractivity contribution in [1.29, 1.82) is 0 Å². The Morgan fingerprint density at radius 1 is 0.407 bits per heavy atom. The quantitative estimate of drug-likeness (QED) is 0.172. The second kappa shape index (κ2) is 13.2. The molecular formula is C54H37N5. The molecule has 0 aliphatic carbocycles. The number of rotatable bonds is 5. The van der Waals surface area contributed by atoms with Crippen LogP contribution in [0.4, 0.5) is 0 Å². The van der Waals surface area contributed by atoms with Gasteiger partial charge in [-0.15, -0.1) is 0 Å². The Labute approximate surface area is 341 Å². The molecule has 0 bridgehead atoms. The molecule has 1 aliphatic heterocycles. The van der Waals surface area contributed by atoms with Crippen molar-refractivity contribution in [3.8, 4) is 11.4 Å². The SMILES string of the molecule is CN1C(c2ccccc2)=NC(c2ccc3c(c2)c2ccccc2n3-c2ccccc2)=NC1c1cccc(-n2c3ccc4ccccc4c3c3c4ccccc4ccc32)c1. The van der Waals surface area contributed by atoms with Crippen LogP contribution in [0.5, 0.6) is 0 Å². The summed E-state index contributed by atoms with van der Waals surface area (Å²) in [6.45, 7) is 0. The van der Waals surface area contributed by atoms with Crippen molar-refractivity contribution in [3.05, 3.63) is 217 Å². The molecule has 9 aromatic carbocycles. The van der Waals surface area contributed by atoms with Gasteiger partial charge in [0.1, 0.15) is 5.84 Å². The third-order valence-electron chi connectivity index (χ3n) is 12.1. The monoisotopic (exact) mass is 755 g/mol. The van der Waals surface area contributed by atoms with Crippen LogP contribution in [0.1, 0.15) is 22.9 Å². The normalized spacial score (nSPS) is 14.5. The Balaban J connectivity index is 1.05. The van der Waals surface area contributed by atoms with Gasteiger partial charge in [0.05, 0.1) is 22.1 Å². The van der Waals surface area contributed by atoms with E-state index in [1.807, 2.05) is 0 Å². The topological polar surface area (TPSA) is 37.8 Å². The van der Waals surface area contributed by atoms with Crippen molar-refractivity contribution in [3.63, 3.8) is 0 Å². The highest BCUT2D eigenvalue weighted by Crippen LogP contribution is 2.41. The lowest BCUT2D eigenvalue weighted by molar-refractivity contribution is 0.383. The lowest BCUT2D eigenvalue weighted by Crippen LogP contribution is -2.35. The number of hydrogen-bond donors (Lipinski definition) is 0. The highest BCUT2D eigenvalue weighted by molar-refractivity contribution is 6.28. The summed E-state index contributed by atoms with van der Waals surface area (Å²) >= 11 is 0. The van der Waals surface area contributed by atoms with Gasteiger partial charge in [-0.2, -0.15) is 0 Å². The van der Waals surface area contributed by atoms with Gasteiger partial charge in [-0.3, -0.25) is 0 Å². The molecule has 0 spiro atoms. The molecule has 11 aromatic rings. The first-order valence-corrected chi connectivity index (χ1v) is 20.2. The summed E-state index contributed by atoms with van der Waals surface area (Å²) in [6, 6.07) is 71.9. The molecule has 0 fully saturated rings. The molecule has 59 heavy (non-hydrogen) atoms. The third-order valence-corrected chi connectivity index (χ3v) is 12.1. The van der Waals surface area contributed by atoms with E-state index in [0.29, 0.717) is 5.84 Å². The van der Waals surface area contributed by atoms with Crippen LogP contribution in [0.15, 0.2) is 210 Å². The second-order valence-electron chi connectivity index (χ2n) is 15.5. The number of fused-ring (bicyclic) bond motifs is 10. The van der Waals surface area contributed by atoms with E-state index in [0.717, 1.165) is 39.4 Å². The van der Waals surface area contributed by atoms with Crippen molar-refractivity contribution in [2.75, 3.05) is 7.05 Å². The number of nitrogens with zero attached hydrogens (tertiary/aromatic N) is 5. The number of aliphatic imine (C=N–C) groups is 2. The largest absolute Gasteiger partial charge is 0.333 e. The van der Waals surface area contributed by atoms with E-state index in [-0.39, 0.29) is 6.17 Å². The van der Waals surface area contributed by atoms with Crippen LogP contribution in [-0.4, -0.2) is 32.8 Å². The smallest absolute Gasteiger partial charge is 0.159 e. The van der Waals surface area contributed by atoms with E-state index in [4.69, 9.17) is 9.98 Å². The van der Waals surface area contributed by atoms with E-state index >= 15 is 0 Å². The average molecular weight is 756 g/mol. The van der Waals surface area contributed by atoms with Crippen molar-refractivity contribution in [2.45, 2.75) is 6.17 Å². The molecule has 0 radical (unpaired) electrons. The van der Waals surface area contributed by atoms with Gasteiger partial charge in [-0.25, -0.2) is 9.98 Å². The Kier molecular flexibility index (Phi) is 7.44. The third kappa shape index (κ3) is 5.18. The van der Waals surface area contributed by atoms with Gasteiger partial charge in [-0.05, 0) is 87.8 Å².